The van der Waals surface area contributed by atoms with Crippen LogP contribution in [0.1, 0.15) is 19.6 Å². The van der Waals surface area contributed by atoms with Crippen molar-refractivity contribution in [1.29, 1.82) is 0 Å². The van der Waals surface area contributed by atoms with Gasteiger partial charge in [0.1, 0.15) is 48.0 Å². The Morgan fingerprint density at radius 3 is 2.60 bits per heavy atom. The summed E-state index contributed by atoms with van der Waals surface area (Å²) >= 11 is 4.81. The number of hydrogen-bond acceptors (Lipinski definition) is 17. The molecular weight excluding hydrogens is 628 g/mol. The predicted molar refractivity (Wildman–Crippen MR) is 142 cm³/mol. The van der Waals surface area contributed by atoms with E-state index >= 15 is 0 Å². The molecule has 2 aliphatic heterocycles. The van der Waals surface area contributed by atoms with Crippen LogP contribution in [0.2, 0.25) is 0 Å². The summed E-state index contributed by atoms with van der Waals surface area (Å²) in [4.78, 5) is 32.8. The first kappa shape index (κ1) is 33.3. The molecule has 0 amide bonds. The lowest BCUT2D eigenvalue weighted by atomic mass is 9.90. The maximum Gasteiger partial charge on any atom is 0.481 e. The standard InChI is InChI=1S/C20H31N5O14P2S/c1-8(2)20(31)3-9(36-19(20)25-7-24-11-16(21)22-6-23-17(11)25)5-35-41(34,42)39-40(32,33)38-18-14(30)12(28)13(29)15(37-18)10(27)4-26/h6-7,9-10,12-15,18-19,26-31H,1,3-5H2,2H3,(H,32,33)(H,34,42)(H2,21,22,23)/t9-,10-,12?,13?,14?,15?,18?,19+,20-,41?/m0/s1. The zero-order valence-electron chi connectivity index (χ0n) is 21.8. The van der Waals surface area contributed by atoms with Crippen molar-refractivity contribution in [2.75, 3.05) is 18.9 Å². The predicted octanol–water partition coefficient (Wildman–Crippen LogP) is -2.47. The van der Waals surface area contributed by atoms with Gasteiger partial charge in [-0.1, -0.05) is 6.58 Å². The van der Waals surface area contributed by atoms with Crippen molar-refractivity contribution < 1.29 is 67.8 Å². The van der Waals surface area contributed by atoms with Crippen LogP contribution in [0.4, 0.5) is 5.82 Å². The molecule has 2 aromatic rings. The van der Waals surface area contributed by atoms with E-state index in [2.05, 4.69) is 30.4 Å². The number of aromatic nitrogens is 4. The molecule has 0 saturated carbocycles. The van der Waals surface area contributed by atoms with Crippen molar-refractivity contribution in [3.8, 4) is 0 Å². The van der Waals surface area contributed by atoms with Crippen LogP contribution in [0.15, 0.2) is 24.8 Å². The van der Waals surface area contributed by atoms with Gasteiger partial charge in [0.05, 0.1) is 25.6 Å². The Morgan fingerprint density at radius 1 is 1.26 bits per heavy atom. The molecule has 7 unspecified atom stereocenters. The van der Waals surface area contributed by atoms with E-state index in [4.69, 9.17) is 36.6 Å². The molecule has 19 nitrogen and oxygen atoms in total. The number of anilines is 1. The number of phosphoric ester groups is 1. The fourth-order valence-electron chi connectivity index (χ4n) is 4.48. The minimum Gasteiger partial charge on any atom is -0.394 e. The minimum absolute atomic E-state index is 0.0983. The lowest BCUT2D eigenvalue weighted by Gasteiger charge is -2.41. The van der Waals surface area contributed by atoms with Crippen molar-refractivity contribution in [2.24, 2.45) is 0 Å². The molecule has 2 saturated heterocycles. The van der Waals surface area contributed by atoms with Gasteiger partial charge in [-0.15, -0.1) is 0 Å². The van der Waals surface area contributed by atoms with E-state index in [-0.39, 0.29) is 23.4 Å². The zero-order chi connectivity index (χ0) is 31.2. The van der Waals surface area contributed by atoms with E-state index in [0.717, 1.165) is 0 Å². The lowest BCUT2D eigenvalue weighted by molar-refractivity contribution is -0.292. The Morgan fingerprint density at radius 2 is 1.95 bits per heavy atom. The second-order valence-electron chi connectivity index (χ2n) is 9.71. The summed E-state index contributed by atoms with van der Waals surface area (Å²) in [6, 6.07) is 0. The Labute approximate surface area is 242 Å². The number of nitrogens with two attached hydrogens (primary N) is 1. The third-order valence-corrected chi connectivity index (χ3v) is 10.2. The number of rotatable bonds is 11. The summed E-state index contributed by atoms with van der Waals surface area (Å²) in [6.07, 6.45) is -11.4. The number of aliphatic hydroxyl groups is 6. The lowest BCUT2D eigenvalue weighted by Crippen LogP contribution is -2.61. The van der Waals surface area contributed by atoms with Crippen molar-refractivity contribution in [2.45, 2.75) is 68.1 Å². The summed E-state index contributed by atoms with van der Waals surface area (Å²) < 4.78 is 39.4. The van der Waals surface area contributed by atoms with Crippen molar-refractivity contribution in [3.05, 3.63) is 24.8 Å². The first-order chi connectivity index (χ1) is 19.5. The first-order valence-electron chi connectivity index (χ1n) is 12.1. The van der Waals surface area contributed by atoms with Gasteiger partial charge in [-0.3, -0.25) is 9.09 Å². The van der Waals surface area contributed by atoms with E-state index in [9.17, 15) is 39.9 Å². The Hall–Kier alpha value is -1.55. The van der Waals surface area contributed by atoms with Gasteiger partial charge in [-0.05, 0) is 24.3 Å². The monoisotopic (exact) mass is 659 g/mol. The Bertz CT molecular complexity index is 1400. The highest BCUT2D eigenvalue weighted by Gasteiger charge is 2.52. The van der Waals surface area contributed by atoms with E-state index < -0.39 is 82.5 Å². The second kappa shape index (κ2) is 12.4. The first-order valence-corrected chi connectivity index (χ1v) is 16.2. The van der Waals surface area contributed by atoms with E-state index in [1.165, 1.54) is 17.2 Å². The average Bonchev–Trinajstić information content (AvgIpc) is 3.49. The number of hydrogen-bond donors (Lipinski definition) is 9. The number of nitrogen functional groups attached to an aromatic ring is 1. The van der Waals surface area contributed by atoms with E-state index in [0.29, 0.717) is 5.57 Å². The molecule has 22 heteroatoms. The van der Waals surface area contributed by atoms with Gasteiger partial charge in [-0.2, -0.15) is 0 Å². The summed E-state index contributed by atoms with van der Waals surface area (Å²) in [6.45, 7) is -0.703. The average molecular weight is 660 g/mol. The highest BCUT2D eigenvalue weighted by molar-refractivity contribution is 8.08. The van der Waals surface area contributed by atoms with Gasteiger partial charge in [0.2, 0.25) is 0 Å². The molecule has 42 heavy (non-hydrogen) atoms. The summed E-state index contributed by atoms with van der Waals surface area (Å²) in [7, 11) is -5.41. The molecule has 10 N–H and O–H groups in total. The minimum atomic E-state index is -5.41. The highest BCUT2D eigenvalue weighted by atomic mass is 32.5. The molecule has 4 rings (SSSR count). The van der Waals surface area contributed by atoms with Gasteiger partial charge in [0.15, 0.2) is 24.0 Å². The SMILES string of the molecule is C=C(C)[C@@]1(O)C[C@@H](COP(O)(=S)OP(=O)(O)OC2OC([C@@H](O)CO)C(O)C(O)C2O)O[C@H]1n1cnc2c(N)ncnc21. The molecule has 2 aromatic heterocycles. The second-order valence-corrected chi connectivity index (χ2v) is 14.1. The molecule has 0 aromatic carbocycles. The molecule has 2 fully saturated rings. The quantitative estimate of drug-likeness (QED) is 0.0892. The van der Waals surface area contributed by atoms with Crippen LogP contribution in [0.5, 0.6) is 0 Å². The number of aliphatic hydroxyl groups excluding tert-OH is 5. The third-order valence-electron chi connectivity index (χ3n) is 6.69. The highest BCUT2D eigenvalue weighted by Crippen LogP contribution is 2.62. The molecule has 0 spiro atoms. The largest absolute Gasteiger partial charge is 0.481 e. The Balaban J connectivity index is 1.43. The fraction of sp³-hybridized carbons (Fsp3) is 0.650. The molecule has 0 bridgehead atoms. The zero-order valence-corrected chi connectivity index (χ0v) is 24.4. The van der Waals surface area contributed by atoms with Gasteiger partial charge in [0.25, 0.3) is 0 Å². The van der Waals surface area contributed by atoms with Gasteiger partial charge in [-0.25, -0.2) is 23.8 Å². The topological polar surface area (TPSA) is 295 Å². The number of phosphoric acid groups is 1. The summed E-state index contributed by atoms with van der Waals surface area (Å²) in [5.41, 5.74) is 4.96. The van der Waals surface area contributed by atoms with Crippen LogP contribution in [0.3, 0.4) is 0 Å². The van der Waals surface area contributed by atoms with Crippen molar-refractivity contribution >= 4 is 43.3 Å². The van der Waals surface area contributed by atoms with Crippen LogP contribution in [0, 0.1) is 0 Å². The maximum absolute atomic E-state index is 12.6. The van der Waals surface area contributed by atoms with Crippen LogP contribution < -0.4 is 5.73 Å². The Kier molecular flexibility index (Phi) is 9.88. The van der Waals surface area contributed by atoms with Gasteiger partial charge >= 0.3 is 14.5 Å². The molecule has 4 heterocycles. The fourth-order valence-corrected chi connectivity index (χ4v) is 7.59. The van der Waals surface area contributed by atoms with Crippen LogP contribution >= 0.6 is 14.5 Å². The van der Waals surface area contributed by atoms with E-state index in [1.54, 1.807) is 6.92 Å². The number of nitrogens with zero attached hydrogens (tertiary/aromatic N) is 4. The van der Waals surface area contributed by atoms with Crippen molar-refractivity contribution in [3.63, 3.8) is 0 Å². The molecular formula is C20H31N5O14P2S. The van der Waals surface area contributed by atoms with Gasteiger partial charge < -0.3 is 60.2 Å². The molecule has 0 aliphatic carbocycles. The summed E-state index contributed by atoms with van der Waals surface area (Å²) in [5, 5.41) is 60.3. The number of imidazole rings is 1. The van der Waals surface area contributed by atoms with Gasteiger partial charge in [0, 0.05) is 6.42 Å². The van der Waals surface area contributed by atoms with Crippen LogP contribution in [-0.4, -0.2) is 122 Å². The smallest absolute Gasteiger partial charge is 0.394 e. The van der Waals surface area contributed by atoms with Crippen LogP contribution in [-0.2, 0) is 39.2 Å². The van der Waals surface area contributed by atoms with Crippen molar-refractivity contribution in [1.82, 2.24) is 19.5 Å². The number of fused-ring (bicyclic) bond motifs is 1. The molecule has 236 valence electrons. The number of ether oxygens (including phenoxy) is 2. The van der Waals surface area contributed by atoms with Crippen LogP contribution in [0.25, 0.3) is 11.2 Å². The molecule has 11 atom stereocenters. The molecule has 2 aliphatic rings. The van der Waals surface area contributed by atoms with E-state index in [1.807, 2.05) is 0 Å². The normalized spacial score (nSPS) is 35.5. The third kappa shape index (κ3) is 6.74. The molecule has 0 radical (unpaired) electrons. The summed E-state index contributed by atoms with van der Waals surface area (Å²) in [5.74, 6) is 0.0983. The maximum atomic E-state index is 12.6.